The minimum absolute atomic E-state index is 0.435. The van der Waals surface area contributed by atoms with Crippen LogP contribution in [0, 0.1) is 0 Å². The highest BCUT2D eigenvalue weighted by Crippen LogP contribution is 2.29. The average molecular weight is 308 g/mol. The lowest BCUT2D eigenvalue weighted by atomic mass is 10.2. The zero-order chi connectivity index (χ0) is 12.8. The van der Waals surface area contributed by atoms with Crippen molar-refractivity contribution in [2.24, 2.45) is 0 Å². The van der Waals surface area contributed by atoms with Gasteiger partial charge in [0.2, 0.25) is 0 Å². The molecule has 0 fully saturated rings. The number of pyridine rings is 1. The second kappa shape index (κ2) is 6.40. The van der Waals surface area contributed by atoms with Crippen molar-refractivity contribution >= 4 is 15.9 Å². The van der Waals surface area contributed by atoms with Crippen molar-refractivity contribution < 1.29 is 9.47 Å². The monoisotopic (exact) mass is 307 g/mol. The van der Waals surface area contributed by atoms with Gasteiger partial charge in [0.05, 0.1) is 12.8 Å². The molecular formula is C14H14BrNO2. The number of rotatable bonds is 5. The van der Waals surface area contributed by atoms with Gasteiger partial charge in [-0.1, -0.05) is 28.1 Å². The number of alkyl halides is 1. The molecule has 0 bridgehead atoms. The van der Waals surface area contributed by atoms with Crippen molar-refractivity contribution in [3.8, 4) is 11.5 Å². The number of ether oxygens (including phenoxy) is 2. The van der Waals surface area contributed by atoms with Gasteiger partial charge in [-0.2, -0.15) is 0 Å². The maximum Gasteiger partial charge on any atom is 0.161 e. The molecule has 0 aliphatic heterocycles. The van der Waals surface area contributed by atoms with E-state index in [1.54, 1.807) is 13.3 Å². The largest absolute Gasteiger partial charge is 0.493 e. The van der Waals surface area contributed by atoms with Gasteiger partial charge in [-0.15, -0.1) is 0 Å². The van der Waals surface area contributed by atoms with E-state index in [-0.39, 0.29) is 0 Å². The van der Waals surface area contributed by atoms with Crippen LogP contribution < -0.4 is 9.47 Å². The van der Waals surface area contributed by atoms with Crippen LogP contribution in [-0.2, 0) is 11.9 Å². The number of nitrogens with zero attached hydrogens (tertiary/aromatic N) is 1. The first-order valence-corrected chi connectivity index (χ1v) is 6.71. The molecule has 0 saturated heterocycles. The van der Waals surface area contributed by atoms with Crippen LogP contribution in [0.15, 0.2) is 42.6 Å². The van der Waals surface area contributed by atoms with Crippen molar-refractivity contribution in [2.75, 3.05) is 7.11 Å². The highest BCUT2D eigenvalue weighted by Gasteiger charge is 2.05. The van der Waals surface area contributed by atoms with Crippen molar-refractivity contribution in [2.45, 2.75) is 11.9 Å². The third-order valence-corrected chi connectivity index (χ3v) is 3.13. The third-order valence-electron chi connectivity index (χ3n) is 2.48. The number of hydrogen-bond acceptors (Lipinski definition) is 3. The molecule has 1 aromatic carbocycles. The molecule has 0 spiro atoms. The van der Waals surface area contributed by atoms with E-state index in [0.717, 1.165) is 28.1 Å². The Labute approximate surface area is 115 Å². The molecule has 94 valence electrons. The smallest absolute Gasteiger partial charge is 0.161 e. The molecule has 0 atom stereocenters. The van der Waals surface area contributed by atoms with Gasteiger partial charge in [0, 0.05) is 11.5 Å². The molecule has 0 aliphatic rings. The van der Waals surface area contributed by atoms with Crippen LogP contribution in [0.25, 0.3) is 0 Å². The summed E-state index contributed by atoms with van der Waals surface area (Å²) in [6.07, 6.45) is 1.75. The summed E-state index contributed by atoms with van der Waals surface area (Å²) in [4.78, 5) is 4.21. The van der Waals surface area contributed by atoms with Gasteiger partial charge in [-0.05, 0) is 29.8 Å². The molecule has 1 heterocycles. The SMILES string of the molecule is COc1cc(CBr)ccc1OCc1ccccn1. The van der Waals surface area contributed by atoms with Gasteiger partial charge in [-0.25, -0.2) is 0 Å². The Balaban J connectivity index is 2.09. The third kappa shape index (κ3) is 3.23. The van der Waals surface area contributed by atoms with Gasteiger partial charge in [0.25, 0.3) is 0 Å². The van der Waals surface area contributed by atoms with Gasteiger partial charge in [0.15, 0.2) is 11.5 Å². The molecule has 1 aromatic heterocycles. The van der Waals surface area contributed by atoms with Gasteiger partial charge >= 0.3 is 0 Å². The maximum absolute atomic E-state index is 5.71. The fraction of sp³-hybridized carbons (Fsp3) is 0.214. The minimum Gasteiger partial charge on any atom is -0.493 e. The molecule has 2 rings (SSSR count). The average Bonchev–Trinajstić information content (AvgIpc) is 2.46. The van der Waals surface area contributed by atoms with Crippen LogP contribution in [0.5, 0.6) is 11.5 Å². The van der Waals surface area contributed by atoms with E-state index in [2.05, 4.69) is 20.9 Å². The van der Waals surface area contributed by atoms with Crippen molar-refractivity contribution in [3.63, 3.8) is 0 Å². The second-order valence-electron chi connectivity index (χ2n) is 3.73. The summed E-state index contributed by atoms with van der Waals surface area (Å²) in [5, 5.41) is 0.796. The summed E-state index contributed by atoms with van der Waals surface area (Å²) in [5.74, 6) is 1.47. The molecule has 18 heavy (non-hydrogen) atoms. The summed E-state index contributed by atoms with van der Waals surface area (Å²) in [6, 6.07) is 11.6. The fourth-order valence-electron chi connectivity index (χ4n) is 1.55. The minimum atomic E-state index is 0.435. The standard InChI is InChI=1S/C14H14BrNO2/c1-17-14-8-11(9-15)5-6-13(14)18-10-12-4-2-3-7-16-12/h2-8H,9-10H2,1H3. The molecule has 0 radical (unpaired) electrons. The summed E-state index contributed by atoms with van der Waals surface area (Å²) in [7, 11) is 1.64. The van der Waals surface area contributed by atoms with E-state index in [1.165, 1.54) is 0 Å². The predicted molar refractivity (Wildman–Crippen MR) is 74.2 cm³/mol. The Hall–Kier alpha value is -1.55. The lowest BCUT2D eigenvalue weighted by Gasteiger charge is -2.11. The molecule has 2 aromatic rings. The van der Waals surface area contributed by atoms with E-state index in [0.29, 0.717) is 6.61 Å². The number of methoxy groups -OCH3 is 1. The second-order valence-corrected chi connectivity index (χ2v) is 4.29. The Kier molecular flexibility index (Phi) is 4.59. The van der Waals surface area contributed by atoms with Crippen LogP contribution in [0.3, 0.4) is 0 Å². The molecule has 0 aliphatic carbocycles. The van der Waals surface area contributed by atoms with Crippen LogP contribution in [0.4, 0.5) is 0 Å². The molecular weight excluding hydrogens is 294 g/mol. The van der Waals surface area contributed by atoms with Gasteiger partial charge in [-0.3, -0.25) is 4.98 Å². The quantitative estimate of drug-likeness (QED) is 0.791. The Morgan fingerprint density at radius 2 is 2.06 bits per heavy atom. The fourth-order valence-corrected chi connectivity index (χ4v) is 1.90. The van der Waals surface area contributed by atoms with E-state index in [9.17, 15) is 0 Å². The first kappa shape index (κ1) is 12.9. The number of hydrogen-bond donors (Lipinski definition) is 0. The molecule has 4 heteroatoms. The summed E-state index contributed by atoms with van der Waals surface area (Å²) >= 11 is 3.41. The molecule has 0 saturated carbocycles. The molecule has 3 nitrogen and oxygen atoms in total. The van der Waals surface area contributed by atoms with E-state index >= 15 is 0 Å². The highest BCUT2D eigenvalue weighted by atomic mass is 79.9. The number of aromatic nitrogens is 1. The number of halogens is 1. The normalized spacial score (nSPS) is 10.1. The van der Waals surface area contributed by atoms with Crippen LogP contribution in [0.2, 0.25) is 0 Å². The predicted octanol–water partition coefficient (Wildman–Crippen LogP) is 3.56. The van der Waals surface area contributed by atoms with E-state index in [1.807, 2.05) is 36.4 Å². The van der Waals surface area contributed by atoms with E-state index < -0.39 is 0 Å². The van der Waals surface area contributed by atoms with Crippen LogP contribution in [0.1, 0.15) is 11.3 Å². The first-order valence-electron chi connectivity index (χ1n) is 5.59. The lowest BCUT2D eigenvalue weighted by molar-refractivity contribution is 0.280. The molecule has 0 amide bonds. The van der Waals surface area contributed by atoms with Gasteiger partial charge in [0.1, 0.15) is 6.61 Å². The van der Waals surface area contributed by atoms with Crippen molar-refractivity contribution in [1.29, 1.82) is 0 Å². The molecule has 0 unspecified atom stereocenters. The van der Waals surface area contributed by atoms with Crippen LogP contribution >= 0.6 is 15.9 Å². The zero-order valence-electron chi connectivity index (χ0n) is 10.1. The zero-order valence-corrected chi connectivity index (χ0v) is 11.7. The Bertz CT molecular complexity index is 502. The first-order chi connectivity index (χ1) is 8.83. The Morgan fingerprint density at radius 3 is 2.72 bits per heavy atom. The summed E-state index contributed by atoms with van der Waals surface area (Å²) < 4.78 is 11.0. The van der Waals surface area contributed by atoms with E-state index in [4.69, 9.17) is 9.47 Å². The van der Waals surface area contributed by atoms with Crippen LogP contribution in [-0.4, -0.2) is 12.1 Å². The van der Waals surface area contributed by atoms with Crippen molar-refractivity contribution in [3.05, 3.63) is 53.9 Å². The van der Waals surface area contributed by atoms with Crippen molar-refractivity contribution in [1.82, 2.24) is 4.98 Å². The Morgan fingerprint density at radius 1 is 1.17 bits per heavy atom. The summed E-state index contributed by atoms with van der Waals surface area (Å²) in [5.41, 5.74) is 2.04. The topological polar surface area (TPSA) is 31.4 Å². The lowest BCUT2D eigenvalue weighted by Crippen LogP contribution is -1.99. The summed E-state index contributed by atoms with van der Waals surface area (Å²) in [6.45, 7) is 0.435. The highest BCUT2D eigenvalue weighted by molar-refractivity contribution is 9.08. The van der Waals surface area contributed by atoms with Gasteiger partial charge < -0.3 is 9.47 Å². The molecule has 0 N–H and O–H groups in total. The maximum atomic E-state index is 5.71. The number of benzene rings is 1.